The summed E-state index contributed by atoms with van der Waals surface area (Å²) in [6, 6.07) is 0. The van der Waals surface area contributed by atoms with E-state index in [1.807, 2.05) is 0 Å². The number of rotatable bonds is 1. The summed E-state index contributed by atoms with van der Waals surface area (Å²) in [6.07, 6.45) is 0. The predicted octanol–water partition coefficient (Wildman–Crippen LogP) is -0.474. The molecule has 26 valence electrons. The Labute approximate surface area is 31.1 Å². The van der Waals surface area contributed by atoms with Gasteiger partial charge in [0.1, 0.15) is 0 Å². The van der Waals surface area contributed by atoms with Crippen molar-refractivity contribution >= 4 is 12.6 Å². The summed E-state index contributed by atoms with van der Waals surface area (Å²) < 4.78 is 0. The van der Waals surface area contributed by atoms with E-state index in [1.165, 1.54) is 0 Å². The van der Waals surface area contributed by atoms with E-state index in [-0.39, 0.29) is 6.61 Å². The highest BCUT2D eigenvalue weighted by Gasteiger charge is 1.44. The Kier molecular flexibility index (Phi) is 3.57. The van der Waals surface area contributed by atoms with Crippen LogP contribution in [0.2, 0.25) is 0 Å². The van der Waals surface area contributed by atoms with Crippen LogP contribution in [0.25, 0.3) is 0 Å². The van der Waals surface area contributed by atoms with E-state index in [4.69, 9.17) is 5.11 Å². The van der Waals surface area contributed by atoms with Gasteiger partial charge in [-0.25, -0.2) is 0 Å². The van der Waals surface area contributed by atoms with Crippen molar-refractivity contribution < 1.29 is 5.11 Å². The minimum absolute atomic E-state index is 0.134. The topological polar surface area (TPSA) is 20.2 Å². The molecule has 0 rings (SSSR count). The Bertz CT molecular complexity index is 8.00. The molecule has 0 saturated carbocycles. The van der Waals surface area contributed by atoms with Gasteiger partial charge in [0, 0.05) is 6.61 Å². The fraction of sp³-hybridized carbons (Fsp3) is 1.00. The summed E-state index contributed by atoms with van der Waals surface area (Å²) in [6.45, 7) is 0.134. The predicted molar refractivity (Wildman–Crippen MR) is 19.3 cm³/mol. The third-order valence-electron chi connectivity index (χ3n) is 0.0913. The first-order valence-corrected chi connectivity index (χ1v) is 1.68. The zero-order chi connectivity index (χ0) is 3.41. The van der Waals surface area contributed by atoms with Gasteiger partial charge in [-0.1, -0.05) is 0 Å². The van der Waals surface area contributed by atoms with Crippen LogP contribution in [0.15, 0.2) is 0 Å². The quantitative estimate of drug-likeness (QED) is 0.427. The standard InChI is InChI=1S/C2H6OS/c3-1-2-4/h3-4H,1-2H2/p-1. The van der Waals surface area contributed by atoms with Gasteiger partial charge in [-0.15, -0.1) is 0 Å². The maximum absolute atomic E-state index is 7.77. The summed E-state index contributed by atoms with van der Waals surface area (Å²) in [7, 11) is 0. The lowest BCUT2D eigenvalue weighted by molar-refractivity contribution is 0.323. The Hall–Kier alpha value is 0.310. The lowest BCUT2D eigenvalue weighted by Gasteiger charge is -1.88. The molecular formula is C2H5OS-. The molecule has 0 atom stereocenters. The first-order chi connectivity index (χ1) is 1.91. The van der Waals surface area contributed by atoms with Crippen LogP contribution in [0.1, 0.15) is 0 Å². The molecule has 0 saturated heterocycles. The molecule has 0 radical (unpaired) electrons. The highest BCUT2D eigenvalue weighted by Crippen LogP contribution is 1.44. The molecular weight excluding hydrogens is 72.1 g/mol. The molecule has 0 heterocycles. The van der Waals surface area contributed by atoms with Crippen LogP contribution in [0.5, 0.6) is 0 Å². The summed E-state index contributed by atoms with van der Waals surface area (Å²) in [5, 5.41) is 7.77. The SMILES string of the molecule is OCC[S-]. The van der Waals surface area contributed by atoms with Crippen molar-refractivity contribution in [2.75, 3.05) is 12.4 Å². The zero-order valence-corrected chi connectivity index (χ0v) is 3.09. The first-order valence-electron chi connectivity index (χ1n) is 1.10. The zero-order valence-electron chi connectivity index (χ0n) is 2.27. The molecule has 0 amide bonds. The van der Waals surface area contributed by atoms with Gasteiger partial charge < -0.3 is 17.7 Å². The van der Waals surface area contributed by atoms with Crippen LogP contribution in [0, 0.1) is 0 Å². The average molecular weight is 77.1 g/mol. The second kappa shape index (κ2) is 3.31. The summed E-state index contributed by atoms with van der Waals surface area (Å²) in [4.78, 5) is 0. The monoisotopic (exact) mass is 77.0 g/mol. The molecule has 1 N–H and O–H groups in total. The van der Waals surface area contributed by atoms with Crippen LogP contribution in [-0.4, -0.2) is 17.5 Å². The maximum atomic E-state index is 7.77. The second-order valence-corrected chi connectivity index (χ2v) is 0.836. The molecule has 2 heteroatoms. The van der Waals surface area contributed by atoms with Gasteiger partial charge in [0.25, 0.3) is 0 Å². The fourth-order valence-corrected chi connectivity index (χ4v) is 0. The highest BCUT2D eigenvalue weighted by molar-refractivity contribution is 7.58. The van der Waals surface area contributed by atoms with Crippen molar-refractivity contribution in [3.05, 3.63) is 0 Å². The third-order valence-corrected chi connectivity index (χ3v) is 0.274. The van der Waals surface area contributed by atoms with E-state index in [9.17, 15) is 0 Å². The summed E-state index contributed by atoms with van der Waals surface area (Å²) in [5.74, 6) is 0.458. The summed E-state index contributed by atoms with van der Waals surface area (Å²) >= 11 is 4.30. The molecule has 0 aromatic rings. The molecule has 0 aliphatic heterocycles. The van der Waals surface area contributed by atoms with Gasteiger partial charge in [0.15, 0.2) is 0 Å². The van der Waals surface area contributed by atoms with E-state index in [0.29, 0.717) is 5.75 Å². The summed E-state index contributed by atoms with van der Waals surface area (Å²) in [5.41, 5.74) is 0. The minimum atomic E-state index is 0.134. The van der Waals surface area contributed by atoms with Crippen molar-refractivity contribution in [2.24, 2.45) is 0 Å². The van der Waals surface area contributed by atoms with Crippen LogP contribution in [0.3, 0.4) is 0 Å². The third kappa shape index (κ3) is 2.31. The van der Waals surface area contributed by atoms with Crippen molar-refractivity contribution in [3.8, 4) is 0 Å². The van der Waals surface area contributed by atoms with E-state index >= 15 is 0 Å². The highest BCUT2D eigenvalue weighted by atomic mass is 32.1. The molecule has 0 aromatic heterocycles. The molecule has 4 heavy (non-hydrogen) atoms. The Balaban J connectivity index is 1.97. The van der Waals surface area contributed by atoms with E-state index < -0.39 is 0 Å². The van der Waals surface area contributed by atoms with Crippen LogP contribution >= 0.6 is 0 Å². The maximum Gasteiger partial charge on any atom is 0.0213 e. The largest absolute Gasteiger partial charge is 0.790 e. The fourth-order valence-electron chi connectivity index (χ4n) is 0. The van der Waals surface area contributed by atoms with E-state index in [1.54, 1.807) is 0 Å². The smallest absolute Gasteiger partial charge is 0.0213 e. The lowest BCUT2D eigenvalue weighted by atomic mass is 10.9. The van der Waals surface area contributed by atoms with Crippen molar-refractivity contribution in [1.29, 1.82) is 0 Å². The van der Waals surface area contributed by atoms with Crippen molar-refractivity contribution in [1.82, 2.24) is 0 Å². The Morgan fingerprint density at radius 1 is 1.75 bits per heavy atom. The Morgan fingerprint density at radius 2 is 2.00 bits per heavy atom. The van der Waals surface area contributed by atoms with Crippen LogP contribution in [-0.2, 0) is 12.6 Å². The molecule has 0 aliphatic rings. The van der Waals surface area contributed by atoms with Crippen LogP contribution in [0.4, 0.5) is 0 Å². The van der Waals surface area contributed by atoms with Crippen molar-refractivity contribution in [3.63, 3.8) is 0 Å². The Morgan fingerprint density at radius 3 is 2.00 bits per heavy atom. The molecule has 0 aromatic carbocycles. The van der Waals surface area contributed by atoms with E-state index in [0.717, 1.165) is 0 Å². The minimum Gasteiger partial charge on any atom is -0.790 e. The normalized spacial score (nSPS) is 7.50. The molecule has 0 bridgehead atoms. The van der Waals surface area contributed by atoms with Crippen LogP contribution < -0.4 is 0 Å². The van der Waals surface area contributed by atoms with Gasteiger partial charge in [-0.2, -0.15) is 5.75 Å². The first kappa shape index (κ1) is 4.31. The number of hydrogen-bond acceptors (Lipinski definition) is 2. The van der Waals surface area contributed by atoms with E-state index in [2.05, 4.69) is 12.6 Å². The number of hydrogen-bond donors (Lipinski definition) is 1. The molecule has 0 spiro atoms. The van der Waals surface area contributed by atoms with Crippen molar-refractivity contribution in [2.45, 2.75) is 0 Å². The van der Waals surface area contributed by atoms with Gasteiger partial charge >= 0.3 is 0 Å². The van der Waals surface area contributed by atoms with Gasteiger partial charge in [0.2, 0.25) is 0 Å². The van der Waals surface area contributed by atoms with Gasteiger partial charge in [-0.3, -0.25) is 0 Å². The van der Waals surface area contributed by atoms with Gasteiger partial charge in [0.05, 0.1) is 0 Å². The van der Waals surface area contributed by atoms with Gasteiger partial charge in [-0.05, 0) is 0 Å². The average Bonchev–Trinajstić information content (AvgIpc) is 1.37. The number of aliphatic hydroxyl groups is 1. The molecule has 1 nitrogen and oxygen atoms in total. The molecule has 0 fully saturated rings. The second-order valence-electron chi connectivity index (χ2n) is 0.428. The lowest BCUT2D eigenvalue weighted by Crippen LogP contribution is -1.81. The molecule has 0 aliphatic carbocycles. The molecule has 0 unspecified atom stereocenters. The number of aliphatic hydroxyl groups excluding tert-OH is 1.